The van der Waals surface area contributed by atoms with Gasteiger partial charge in [0, 0.05) is 0 Å². The smallest absolute Gasteiger partial charge is 0.172 e. The first-order valence-electron chi connectivity index (χ1n) is 2.78. The van der Waals surface area contributed by atoms with E-state index in [0.29, 0.717) is 12.0 Å². The third kappa shape index (κ3) is 1.10. The van der Waals surface area contributed by atoms with Crippen LogP contribution < -0.4 is 5.73 Å². The molecule has 10 heavy (non-hydrogen) atoms. The van der Waals surface area contributed by atoms with Gasteiger partial charge in [-0.1, -0.05) is 0 Å². The van der Waals surface area contributed by atoms with Gasteiger partial charge in [0.25, 0.3) is 0 Å². The first-order chi connectivity index (χ1) is 4.74. The number of rotatable bonds is 1. The Kier molecular flexibility index (Phi) is 1.62. The van der Waals surface area contributed by atoms with E-state index in [9.17, 15) is 4.79 Å². The number of aromatic nitrogens is 2. The molecule has 1 aromatic rings. The molecule has 4 heteroatoms. The number of hydrogen-bond acceptors (Lipinski definition) is 4. The van der Waals surface area contributed by atoms with Crippen molar-refractivity contribution in [2.24, 2.45) is 0 Å². The number of aldehydes is 1. The number of anilines is 1. The third-order valence-electron chi connectivity index (χ3n) is 1.06. The number of nitrogens with zero attached hydrogens (tertiary/aromatic N) is 2. The van der Waals surface area contributed by atoms with E-state index in [1.165, 1.54) is 6.20 Å². The van der Waals surface area contributed by atoms with Crippen LogP contribution in [-0.4, -0.2) is 16.3 Å². The summed E-state index contributed by atoms with van der Waals surface area (Å²) in [6.45, 7) is 1.75. The number of carbonyl (C=O) groups excluding carboxylic acids is 1. The maximum atomic E-state index is 10.2. The number of nitrogens with two attached hydrogens (primary N) is 1. The summed E-state index contributed by atoms with van der Waals surface area (Å²) in [4.78, 5) is 17.8. The van der Waals surface area contributed by atoms with Gasteiger partial charge in [-0.15, -0.1) is 0 Å². The molecule has 0 saturated carbocycles. The van der Waals surface area contributed by atoms with Crippen molar-refractivity contribution in [1.29, 1.82) is 0 Å². The Balaban J connectivity index is 3.21. The molecule has 0 aliphatic heterocycles. The largest absolute Gasteiger partial charge is 0.382 e. The Hall–Kier alpha value is -1.45. The Morgan fingerprint density at radius 1 is 1.70 bits per heavy atom. The fraction of sp³-hybridized carbons (Fsp3) is 0.167. The van der Waals surface area contributed by atoms with E-state index in [1.54, 1.807) is 6.92 Å². The predicted molar refractivity (Wildman–Crippen MR) is 36.6 cm³/mol. The molecule has 1 rings (SSSR count). The van der Waals surface area contributed by atoms with Gasteiger partial charge in [0.2, 0.25) is 0 Å². The molecule has 0 spiro atoms. The van der Waals surface area contributed by atoms with Crippen LogP contribution in [0.2, 0.25) is 0 Å². The predicted octanol–water partition coefficient (Wildman–Crippen LogP) is 0.180. The quantitative estimate of drug-likeness (QED) is 0.560. The third-order valence-corrected chi connectivity index (χ3v) is 1.06. The molecule has 1 heterocycles. The Labute approximate surface area is 58.1 Å². The molecule has 0 aromatic carbocycles. The monoisotopic (exact) mass is 137 g/mol. The lowest BCUT2D eigenvalue weighted by Crippen LogP contribution is -2.00. The summed E-state index contributed by atoms with van der Waals surface area (Å²) in [6, 6.07) is 0. The minimum Gasteiger partial charge on any atom is -0.382 e. The number of aryl methyl sites for hydroxylation is 1. The van der Waals surface area contributed by atoms with Crippen LogP contribution >= 0.6 is 0 Å². The number of hydrogen-bond donors (Lipinski definition) is 1. The van der Waals surface area contributed by atoms with Crippen molar-refractivity contribution in [3.05, 3.63) is 17.6 Å². The summed E-state index contributed by atoms with van der Waals surface area (Å²) in [5.41, 5.74) is 6.19. The van der Waals surface area contributed by atoms with Crippen molar-refractivity contribution >= 4 is 12.1 Å². The van der Waals surface area contributed by atoms with Crippen molar-refractivity contribution in [2.45, 2.75) is 6.92 Å². The lowest BCUT2D eigenvalue weighted by molar-refractivity contribution is 0.111. The van der Waals surface area contributed by atoms with Gasteiger partial charge in [0.15, 0.2) is 12.1 Å². The van der Waals surface area contributed by atoms with Crippen molar-refractivity contribution in [2.75, 3.05) is 5.73 Å². The first kappa shape index (κ1) is 6.67. The molecule has 1 aromatic heterocycles. The van der Waals surface area contributed by atoms with Crippen LogP contribution in [0, 0.1) is 6.92 Å². The Morgan fingerprint density at radius 3 is 2.90 bits per heavy atom. The second kappa shape index (κ2) is 2.43. The Bertz CT molecular complexity index is 259. The molecular formula is C6H7N3O. The van der Waals surface area contributed by atoms with Crippen molar-refractivity contribution < 1.29 is 4.79 Å². The minimum atomic E-state index is 0.181. The summed E-state index contributed by atoms with van der Waals surface area (Å²) in [6.07, 6.45) is 2.11. The number of carbonyl (C=O) groups is 1. The van der Waals surface area contributed by atoms with Crippen LogP contribution in [0.5, 0.6) is 0 Å². The van der Waals surface area contributed by atoms with Crippen LogP contribution in [0.15, 0.2) is 6.20 Å². The van der Waals surface area contributed by atoms with E-state index in [0.717, 1.165) is 0 Å². The van der Waals surface area contributed by atoms with E-state index in [4.69, 9.17) is 5.73 Å². The van der Waals surface area contributed by atoms with Gasteiger partial charge in [-0.3, -0.25) is 4.79 Å². The van der Waals surface area contributed by atoms with Gasteiger partial charge in [-0.25, -0.2) is 9.97 Å². The molecule has 4 nitrogen and oxygen atoms in total. The summed E-state index contributed by atoms with van der Waals surface area (Å²) in [7, 11) is 0. The molecule has 0 saturated heterocycles. The van der Waals surface area contributed by atoms with E-state index < -0.39 is 0 Å². The fourth-order valence-corrected chi connectivity index (χ4v) is 0.592. The lowest BCUT2D eigenvalue weighted by Gasteiger charge is -1.95. The summed E-state index contributed by atoms with van der Waals surface area (Å²) >= 11 is 0. The molecule has 0 bridgehead atoms. The SMILES string of the molecule is Cc1cnc(N)c(C=O)n1. The zero-order chi connectivity index (χ0) is 7.56. The average molecular weight is 137 g/mol. The molecule has 2 N–H and O–H groups in total. The van der Waals surface area contributed by atoms with Crippen molar-refractivity contribution in [3.63, 3.8) is 0 Å². The zero-order valence-corrected chi connectivity index (χ0v) is 5.53. The minimum absolute atomic E-state index is 0.181. The summed E-state index contributed by atoms with van der Waals surface area (Å²) in [5, 5.41) is 0. The molecule has 0 fully saturated rings. The Morgan fingerprint density at radius 2 is 2.40 bits per heavy atom. The van der Waals surface area contributed by atoms with Crippen molar-refractivity contribution in [1.82, 2.24) is 9.97 Å². The van der Waals surface area contributed by atoms with Crippen LogP contribution in [0.1, 0.15) is 16.2 Å². The summed E-state index contributed by atoms with van der Waals surface area (Å²) in [5.74, 6) is 0.181. The van der Waals surface area contributed by atoms with Gasteiger partial charge in [0.1, 0.15) is 5.69 Å². The molecule has 0 unspecified atom stereocenters. The normalized spacial score (nSPS) is 9.30. The lowest BCUT2D eigenvalue weighted by atomic mass is 10.4. The first-order valence-corrected chi connectivity index (χ1v) is 2.78. The van der Waals surface area contributed by atoms with Gasteiger partial charge in [-0.05, 0) is 6.92 Å². The summed E-state index contributed by atoms with van der Waals surface area (Å²) < 4.78 is 0. The zero-order valence-electron chi connectivity index (χ0n) is 5.53. The van der Waals surface area contributed by atoms with Crippen LogP contribution in [-0.2, 0) is 0 Å². The molecule has 0 radical (unpaired) electrons. The van der Waals surface area contributed by atoms with Gasteiger partial charge in [0.05, 0.1) is 11.9 Å². The highest BCUT2D eigenvalue weighted by molar-refractivity contribution is 5.78. The van der Waals surface area contributed by atoms with Crippen LogP contribution in [0.3, 0.4) is 0 Å². The topological polar surface area (TPSA) is 68.9 Å². The van der Waals surface area contributed by atoms with E-state index in [-0.39, 0.29) is 11.5 Å². The highest BCUT2D eigenvalue weighted by Gasteiger charge is 1.98. The van der Waals surface area contributed by atoms with Crippen LogP contribution in [0.4, 0.5) is 5.82 Å². The maximum Gasteiger partial charge on any atom is 0.172 e. The van der Waals surface area contributed by atoms with Crippen LogP contribution in [0.25, 0.3) is 0 Å². The van der Waals surface area contributed by atoms with Gasteiger partial charge < -0.3 is 5.73 Å². The van der Waals surface area contributed by atoms with E-state index >= 15 is 0 Å². The standard InChI is InChI=1S/C6H7N3O/c1-4-2-8-6(7)5(3-10)9-4/h2-3H,1H3,(H2,7,8). The second-order valence-corrected chi connectivity index (χ2v) is 1.90. The fourth-order valence-electron chi connectivity index (χ4n) is 0.592. The highest BCUT2D eigenvalue weighted by Crippen LogP contribution is 2.00. The highest BCUT2D eigenvalue weighted by atomic mass is 16.1. The average Bonchev–Trinajstić information content (AvgIpc) is 1.94. The van der Waals surface area contributed by atoms with Gasteiger partial charge >= 0.3 is 0 Å². The van der Waals surface area contributed by atoms with Gasteiger partial charge in [-0.2, -0.15) is 0 Å². The second-order valence-electron chi connectivity index (χ2n) is 1.90. The molecule has 0 aliphatic carbocycles. The molecule has 0 amide bonds. The molecular weight excluding hydrogens is 130 g/mol. The molecule has 52 valence electrons. The van der Waals surface area contributed by atoms with E-state index in [2.05, 4.69) is 9.97 Å². The van der Waals surface area contributed by atoms with E-state index in [1.807, 2.05) is 0 Å². The number of nitrogen functional groups attached to an aromatic ring is 1. The molecule has 0 aliphatic rings. The van der Waals surface area contributed by atoms with Crippen molar-refractivity contribution in [3.8, 4) is 0 Å². The molecule has 0 atom stereocenters. The maximum absolute atomic E-state index is 10.2.